The Labute approximate surface area is 146 Å². The molecule has 1 N–H and O–H groups in total. The fraction of sp³-hybridized carbons (Fsp3) is 0.421. The van der Waals surface area contributed by atoms with E-state index in [0.717, 1.165) is 15.6 Å². The van der Waals surface area contributed by atoms with Gasteiger partial charge in [0.1, 0.15) is 0 Å². The van der Waals surface area contributed by atoms with E-state index in [2.05, 4.69) is 17.1 Å². The van der Waals surface area contributed by atoms with Gasteiger partial charge in [0.2, 0.25) is 0 Å². The molecule has 1 aromatic heterocycles. The first-order valence-electron chi connectivity index (χ1n) is 8.57. The zero-order valence-electron chi connectivity index (χ0n) is 13.8. The number of furan rings is 1. The first-order chi connectivity index (χ1) is 11.7. The van der Waals surface area contributed by atoms with Crippen molar-refractivity contribution in [3.8, 4) is 0 Å². The molecule has 2 atom stereocenters. The number of amides is 1. The van der Waals surface area contributed by atoms with E-state index in [4.69, 9.17) is 4.42 Å². The van der Waals surface area contributed by atoms with E-state index in [0.29, 0.717) is 12.0 Å². The number of nitrogens with zero attached hydrogens (tertiary/aromatic N) is 1. The lowest BCUT2D eigenvalue weighted by atomic mass is 9.79. The largest absolute Gasteiger partial charge is 0.458 e. The average molecular weight is 342 g/mol. The maximum atomic E-state index is 12.6. The van der Waals surface area contributed by atoms with E-state index in [-0.39, 0.29) is 11.9 Å². The Morgan fingerprint density at radius 3 is 2.58 bits per heavy atom. The van der Waals surface area contributed by atoms with Crippen molar-refractivity contribution in [1.29, 1.82) is 0 Å². The van der Waals surface area contributed by atoms with Crippen molar-refractivity contribution < 1.29 is 9.21 Å². The number of carbonyl (C=O) groups is 1. The van der Waals surface area contributed by atoms with E-state index in [1.54, 1.807) is 18.0 Å². The molecule has 0 aliphatic carbocycles. The number of carbonyl (C=O) groups excluding carboxylic acids is 1. The van der Waals surface area contributed by atoms with Crippen molar-refractivity contribution >= 4 is 17.7 Å². The highest BCUT2D eigenvalue weighted by Crippen LogP contribution is 2.32. The molecule has 3 aliphatic rings. The average Bonchev–Trinajstić information content (AvgIpc) is 3.12. The molecule has 0 radical (unpaired) electrons. The Balaban J connectivity index is 1.41. The Kier molecular flexibility index (Phi) is 4.37. The molecule has 2 aromatic rings. The van der Waals surface area contributed by atoms with Gasteiger partial charge in [-0.15, -0.1) is 0 Å². The molecule has 126 valence electrons. The van der Waals surface area contributed by atoms with Crippen LogP contribution in [-0.2, 0) is 0 Å². The smallest absolute Gasteiger partial charge is 0.251 e. The Hall–Kier alpha value is -1.72. The summed E-state index contributed by atoms with van der Waals surface area (Å²) < 4.78 is 5.33. The van der Waals surface area contributed by atoms with Crippen LogP contribution in [0.25, 0.3) is 0 Å². The van der Waals surface area contributed by atoms with Crippen LogP contribution in [0.4, 0.5) is 0 Å². The maximum Gasteiger partial charge on any atom is 0.251 e. The van der Waals surface area contributed by atoms with Gasteiger partial charge in [-0.3, -0.25) is 9.69 Å². The van der Waals surface area contributed by atoms with Gasteiger partial charge in [0, 0.05) is 22.5 Å². The van der Waals surface area contributed by atoms with Crippen LogP contribution in [0.1, 0.15) is 30.1 Å². The Morgan fingerprint density at radius 1 is 1.21 bits per heavy atom. The summed E-state index contributed by atoms with van der Waals surface area (Å²) in [7, 11) is 0. The van der Waals surface area contributed by atoms with Crippen molar-refractivity contribution in [1.82, 2.24) is 10.2 Å². The Bertz CT molecular complexity index is 689. The van der Waals surface area contributed by atoms with Gasteiger partial charge in [0.25, 0.3) is 5.91 Å². The highest BCUT2D eigenvalue weighted by molar-refractivity contribution is 7.99. The molecule has 5 rings (SSSR count). The van der Waals surface area contributed by atoms with Crippen LogP contribution in [0, 0.1) is 5.92 Å². The predicted molar refractivity (Wildman–Crippen MR) is 94.3 cm³/mol. The van der Waals surface area contributed by atoms with Crippen LogP contribution in [0.3, 0.4) is 0 Å². The minimum atomic E-state index is 0.0372. The predicted octanol–water partition coefficient (Wildman–Crippen LogP) is 3.64. The fourth-order valence-electron chi connectivity index (χ4n) is 3.89. The minimum Gasteiger partial charge on any atom is -0.458 e. The summed E-state index contributed by atoms with van der Waals surface area (Å²) in [6.07, 6.45) is 4.07. The number of nitrogens with one attached hydrogen (secondary N) is 1. The van der Waals surface area contributed by atoms with E-state index >= 15 is 0 Å². The number of hydrogen-bond acceptors (Lipinski definition) is 4. The third-order valence-electron chi connectivity index (χ3n) is 5.31. The molecular weight excluding hydrogens is 320 g/mol. The normalized spacial score (nSPS) is 28.7. The van der Waals surface area contributed by atoms with E-state index in [1.807, 2.05) is 36.4 Å². The first-order valence-corrected chi connectivity index (χ1v) is 9.39. The summed E-state index contributed by atoms with van der Waals surface area (Å²) in [4.78, 5) is 16.2. The molecule has 0 unspecified atom stereocenters. The third-order valence-corrected chi connectivity index (χ3v) is 6.25. The maximum absolute atomic E-state index is 12.6. The van der Waals surface area contributed by atoms with Crippen LogP contribution in [0.2, 0.25) is 0 Å². The molecule has 24 heavy (non-hydrogen) atoms. The lowest BCUT2D eigenvalue weighted by Gasteiger charge is -2.49. The fourth-order valence-corrected chi connectivity index (χ4v) is 4.65. The lowest BCUT2D eigenvalue weighted by molar-refractivity contribution is 0.0217. The van der Waals surface area contributed by atoms with Crippen molar-refractivity contribution in [3.63, 3.8) is 0 Å². The monoisotopic (exact) mass is 342 g/mol. The second kappa shape index (κ2) is 6.65. The quantitative estimate of drug-likeness (QED) is 0.921. The van der Waals surface area contributed by atoms with Crippen LogP contribution in [-0.4, -0.2) is 36.0 Å². The zero-order valence-corrected chi connectivity index (χ0v) is 14.6. The second-order valence-electron chi connectivity index (χ2n) is 6.67. The molecule has 4 nitrogen and oxygen atoms in total. The van der Waals surface area contributed by atoms with Gasteiger partial charge in [-0.05, 0) is 75.2 Å². The van der Waals surface area contributed by atoms with Crippen LogP contribution in [0.5, 0.6) is 0 Å². The van der Waals surface area contributed by atoms with Gasteiger partial charge >= 0.3 is 0 Å². The van der Waals surface area contributed by atoms with Crippen LogP contribution >= 0.6 is 11.8 Å². The van der Waals surface area contributed by atoms with Gasteiger partial charge in [-0.25, -0.2) is 0 Å². The van der Waals surface area contributed by atoms with Gasteiger partial charge in [0.15, 0.2) is 5.09 Å². The standard InChI is InChI=1S/C19H22N2O2S/c1-13-18(14-8-10-21(13)11-9-14)20-19(22)15-4-6-16(7-5-15)24-17-3-2-12-23-17/h2-7,12-14,18H,8-11H2,1H3,(H,20,22)/t13-,18-/m0/s1. The molecule has 1 aromatic carbocycles. The second-order valence-corrected chi connectivity index (χ2v) is 7.75. The minimum absolute atomic E-state index is 0.0372. The summed E-state index contributed by atoms with van der Waals surface area (Å²) in [5.74, 6) is 0.665. The Morgan fingerprint density at radius 2 is 1.96 bits per heavy atom. The number of rotatable bonds is 4. The molecule has 4 heterocycles. The van der Waals surface area contributed by atoms with E-state index in [9.17, 15) is 4.79 Å². The SMILES string of the molecule is C[C@H]1[C@H](NC(=O)c2ccc(Sc3ccco3)cc2)C2CCN1CC2. The number of hydrogen-bond donors (Lipinski definition) is 1. The number of fused-ring (bicyclic) bond motifs is 3. The molecule has 0 saturated carbocycles. The van der Waals surface area contributed by atoms with Gasteiger partial charge in [-0.1, -0.05) is 11.8 Å². The van der Waals surface area contributed by atoms with Crippen LogP contribution < -0.4 is 5.32 Å². The number of benzene rings is 1. The van der Waals surface area contributed by atoms with E-state index in [1.165, 1.54) is 25.9 Å². The molecular formula is C19H22N2O2S. The highest BCUT2D eigenvalue weighted by atomic mass is 32.2. The molecule has 0 spiro atoms. The molecule has 3 saturated heterocycles. The zero-order chi connectivity index (χ0) is 16.5. The molecule has 2 bridgehead atoms. The summed E-state index contributed by atoms with van der Waals surface area (Å²) >= 11 is 1.56. The molecule has 3 fully saturated rings. The molecule has 3 aliphatic heterocycles. The molecule has 1 amide bonds. The summed E-state index contributed by atoms with van der Waals surface area (Å²) in [5, 5.41) is 4.13. The first kappa shape index (κ1) is 15.8. The third kappa shape index (κ3) is 3.10. The summed E-state index contributed by atoms with van der Waals surface area (Å²) in [6, 6.07) is 12.3. The topological polar surface area (TPSA) is 45.5 Å². The van der Waals surface area contributed by atoms with Crippen molar-refractivity contribution in [2.24, 2.45) is 5.92 Å². The highest BCUT2D eigenvalue weighted by Gasteiger charge is 2.40. The van der Waals surface area contributed by atoms with Crippen molar-refractivity contribution in [2.45, 2.75) is 41.8 Å². The van der Waals surface area contributed by atoms with E-state index < -0.39 is 0 Å². The van der Waals surface area contributed by atoms with Crippen molar-refractivity contribution in [2.75, 3.05) is 13.1 Å². The van der Waals surface area contributed by atoms with Crippen molar-refractivity contribution in [3.05, 3.63) is 48.2 Å². The van der Waals surface area contributed by atoms with Gasteiger partial charge in [0.05, 0.1) is 6.26 Å². The number of piperidine rings is 3. The van der Waals surface area contributed by atoms with Gasteiger partial charge in [-0.2, -0.15) is 0 Å². The summed E-state index contributed by atoms with van der Waals surface area (Å²) in [5.41, 5.74) is 0.724. The van der Waals surface area contributed by atoms with Crippen LogP contribution in [0.15, 0.2) is 57.1 Å². The van der Waals surface area contributed by atoms with Gasteiger partial charge < -0.3 is 9.73 Å². The molecule has 5 heteroatoms. The lowest BCUT2D eigenvalue weighted by Crippen LogP contribution is -2.62. The summed E-state index contributed by atoms with van der Waals surface area (Å²) in [6.45, 7) is 4.59.